The number of rotatable bonds is 10. The molecule has 0 saturated heterocycles. The average molecular weight is 488 g/mol. The zero-order chi connectivity index (χ0) is 18.6. The van der Waals surface area contributed by atoms with Crippen LogP contribution in [0.3, 0.4) is 0 Å². The van der Waals surface area contributed by atoms with Gasteiger partial charge in [0.1, 0.15) is 0 Å². The van der Waals surface area contributed by atoms with Gasteiger partial charge >= 0.3 is 0 Å². The van der Waals surface area contributed by atoms with Gasteiger partial charge in [0.05, 0.1) is 6.54 Å². The molecule has 7 heteroatoms. The monoisotopic (exact) mass is 488 g/mol. The van der Waals surface area contributed by atoms with Crippen LogP contribution >= 0.6 is 24.0 Å². The van der Waals surface area contributed by atoms with Crippen LogP contribution in [0.5, 0.6) is 0 Å². The number of unbranched alkanes of at least 4 members (excludes halogenated alkanes) is 1. The summed E-state index contributed by atoms with van der Waals surface area (Å²) in [5.41, 5.74) is 2.07. The van der Waals surface area contributed by atoms with E-state index in [2.05, 4.69) is 35.9 Å². The number of halogens is 1. The first-order valence-electron chi connectivity index (χ1n) is 9.73. The molecule has 0 spiro atoms. The van der Waals surface area contributed by atoms with E-state index < -0.39 is 0 Å². The van der Waals surface area contributed by atoms with Gasteiger partial charge in [-0.05, 0) is 31.4 Å². The van der Waals surface area contributed by atoms with E-state index in [0.29, 0.717) is 13.0 Å². The quantitative estimate of drug-likeness (QED) is 0.204. The number of benzene rings is 1. The highest BCUT2D eigenvalue weighted by Gasteiger charge is 2.24. The molecule has 0 bridgehead atoms. The minimum atomic E-state index is 0. The number of aliphatic imine (C=N–C) groups is 1. The first-order chi connectivity index (χ1) is 12.7. The van der Waals surface area contributed by atoms with E-state index in [4.69, 9.17) is 9.73 Å². The number of carbonyl (C=O) groups excluding carboxylic acids is 1. The summed E-state index contributed by atoms with van der Waals surface area (Å²) in [6.07, 6.45) is 3.71. The molecule has 0 fully saturated rings. The van der Waals surface area contributed by atoms with Gasteiger partial charge in [0.2, 0.25) is 5.91 Å². The third kappa shape index (κ3) is 8.47. The Kier molecular flexibility index (Phi) is 12.1. The molecule has 0 aromatic heterocycles. The Bertz CT molecular complexity index is 595. The normalized spacial score (nSPS) is 16.1. The van der Waals surface area contributed by atoms with Crippen LogP contribution < -0.4 is 16.0 Å². The lowest BCUT2D eigenvalue weighted by molar-refractivity contribution is -0.116. The van der Waals surface area contributed by atoms with E-state index in [1.54, 1.807) is 0 Å². The van der Waals surface area contributed by atoms with Crippen molar-refractivity contribution in [2.24, 2.45) is 4.99 Å². The number of amides is 1. The van der Waals surface area contributed by atoms with Crippen molar-refractivity contribution in [1.29, 1.82) is 0 Å². The maximum absolute atomic E-state index is 11.9. The molecule has 1 heterocycles. The Hall–Kier alpha value is -1.35. The lowest BCUT2D eigenvalue weighted by Crippen LogP contribution is -2.38. The summed E-state index contributed by atoms with van der Waals surface area (Å²) < 4.78 is 5.58. The summed E-state index contributed by atoms with van der Waals surface area (Å²) in [5.74, 6) is 0.975. The van der Waals surface area contributed by atoms with E-state index in [1.165, 1.54) is 0 Å². The summed E-state index contributed by atoms with van der Waals surface area (Å²) in [4.78, 5) is 16.6. The Labute approximate surface area is 179 Å². The van der Waals surface area contributed by atoms with Crippen molar-refractivity contribution in [3.8, 4) is 0 Å². The number of hydrogen-bond donors (Lipinski definition) is 3. The standard InChI is InChI=1S/C20H32N4O2.HI/c1-3-5-12-26-13-8-11-22-20(21-4-2)23-15-16-14-19(25)24-18-10-7-6-9-17(16)18;/h6-7,9-10,16H,3-5,8,11-15H2,1-2H3,(H,24,25)(H2,21,22,23);1H. The van der Waals surface area contributed by atoms with E-state index in [9.17, 15) is 4.79 Å². The number of fused-ring (bicyclic) bond motifs is 1. The molecule has 0 aliphatic carbocycles. The summed E-state index contributed by atoms with van der Waals surface area (Å²) in [6.45, 7) is 8.04. The largest absolute Gasteiger partial charge is 0.381 e. The number of hydrogen-bond acceptors (Lipinski definition) is 3. The highest BCUT2D eigenvalue weighted by molar-refractivity contribution is 14.0. The molecule has 1 aliphatic rings. The number of nitrogens with one attached hydrogen (secondary N) is 3. The van der Waals surface area contributed by atoms with Crippen LogP contribution in [0.2, 0.25) is 0 Å². The number of ether oxygens (including phenoxy) is 1. The fourth-order valence-electron chi connectivity index (χ4n) is 2.94. The Morgan fingerprint density at radius 2 is 2.00 bits per heavy atom. The zero-order valence-electron chi connectivity index (χ0n) is 16.4. The molecule has 1 amide bonds. The first-order valence-corrected chi connectivity index (χ1v) is 9.73. The minimum absolute atomic E-state index is 0. The molecule has 1 unspecified atom stereocenters. The predicted octanol–water partition coefficient (Wildman–Crippen LogP) is 3.49. The van der Waals surface area contributed by atoms with Gasteiger partial charge in [-0.2, -0.15) is 0 Å². The second kappa shape index (κ2) is 13.8. The van der Waals surface area contributed by atoms with Crippen molar-refractivity contribution in [3.63, 3.8) is 0 Å². The van der Waals surface area contributed by atoms with E-state index in [1.807, 2.05) is 18.2 Å². The fourth-order valence-corrected chi connectivity index (χ4v) is 2.94. The van der Waals surface area contributed by atoms with Crippen LogP contribution in [-0.2, 0) is 9.53 Å². The second-order valence-electron chi connectivity index (χ2n) is 6.50. The topological polar surface area (TPSA) is 74.8 Å². The number of guanidine groups is 1. The van der Waals surface area contributed by atoms with Crippen molar-refractivity contribution < 1.29 is 9.53 Å². The van der Waals surface area contributed by atoms with Crippen molar-refractivity contribution in [1.82, 2.24) is 10.6 Å². The molecular formula is C20H33IN4O2. The van der Waals surface area contributed by atoms with Crippen LogP contribution in [0.1, 0.15) is 51.0 Å². The third-order valence-electron chi connectivity index (χ3n) is 4.32. The molecule has 152 valence electrons. The smallest absolute Gasteiger partial charge is 0.225 e. The lowest BCUT2D eigenvalue weighted by Gasteiger charge is -2.24. The molecule has 1 aromatic rings. The zero-order valence-corrected chi connectivity index (χ0v) is 18.8. The summed E-state index contributed by atoms with van der Waals surface area (Å²) >= 11 is 0. The molecule has 0 radical (unpaired) electrons. The minimum Gasteiger partial charge on any atom is -0.381 e. The fraction of sp³-hybridized carbons (Fsp3) is 0.600. The maximum atomic E-state index is 11.9. The van der Waals surface area contributed by atoms with E-state index in [-0.39, 0.29) is 35.8 Å². The Morgan fingerprint density at radius 3 is 2.78 bits per heavy atom. The highest BCUT2D eigenvalue weighted by atomic mass is 127. The van der Waals surface area contributed by atoms with Gasteiger partial charge in [-0.15, -0.1) is 24.0 Å². The van der Waals surface area contributed by atoms with E-state index >= 15 is 0 Å². The Morgan fingerprint density at radius 1 is 1.22 bits per heavy atom. The van der Waals surface area contributed by atoms with Crippen molar-refractivity contribution in [3.05, 3.63) is 29.8 Å². The van der Waals surface area contributed by atoms with Crippen LogP contribution in [0.15, 0.2) is 29.3 Å². The molecule has 2 rings (SSSR count). The predicted molar refractivity (Wildman–Crippen MR) is 122 cm³/mol. The molecule has 6 nitrogen and oxygen atoms in total. The Balaban J connectivity index is 0.00000364. The van der Waals surface area contributed by atoms with Gasteiger partial charge in [-0.25, -0.2) is 0 Å². The summed E-state index contributed by atoms with van der Waals surface area (Å²) in [6, 6.07) is 7.97. The summed E-state index contributed by atoms with van der Waals surface area (Å²) in [5, 5.41) is 9.54. The van der Waals surface area contributed by atoms with Gasteiger partial charge in [-0.1, -0.05) is 31.5 Å². The number of para-hydroxylation sites is 1. The summed E-state index contributed by atoms with van der Waals surface area (Å²) in [7, 11) is 0. The molecule has 3 N–H and O–H groups in total. The number of anilines is 1. The SMILES string of the molecule is CCCCOCCCNC(=NCC1CC(=O)Nc2ccccc21)NCC.I. The number of carbonyl (C=O) groups is 1. The average Bonchev–Trinajstić information content (AvgIpc) is 2.64. The molecule has 1 aromatic carbocycles. The van der Waals surface area contributed by atoms with Crippen LogP contribution in [0, 0.1) is 0 Å². The van der Waals surface area contributed by atoms with Crippen molar-refractivity contribution in [2.45, 2.75) is 45.4 Å². The van der Waals surface area contributed by atoms with Gasteiger partial charge in [0.15, 0.2) is 5.96 Å². The van der Waals surface area contributed by atoms with E-state index in [0.717, 1.165) is 62.8 Å². The molecule has 27 heavy (non-hydrogen) atoms. The molecular weight excluding hydrogens is 455 g/mol. The van der Waals surface area contributed by atoms with Crippen LogP contribution in [0.25, 0.3) is 0 Å². The maximum Gasteiger partial charge on any atom is 0.225 e. The number of nitrogens with zero attached hydrogens (tertiary/aromatic N) is 1. The molecule has 1 aliphatic heterocycles. The van der Waals surface area contributed by atoms with Crippen LogP contribution in [0.4, 0.5) is 5.69 Å². The third-order valence-corrected chi connectivity index (χ3v) is 4.32. The second-order valence-corrected chi connectivity index (χ2v) is 6.50. The highest BCUT2D eigenvalue weighted by Crippen LogP contribution is 2.31. The molecule has 0 saturated carbocycles. The van der Waals surface area contributed by atoms with Gasteiger partial charge in [0, 0.05) is 44.3 Å². The van der Waals surface area contributed by atoms with Gasteiger partial charge in [0.25, 0.3) is 0 Å². The van der Waals surface area contributed by atoms with Crippen LogP contribution in [-0.4, -0.2) is 44.7 Å². The lowest BCUT2D eigenvalue weighted by atomic mass is 9.91. The molecule has 1 atom stereocenters. The van der Waals surface area contributed by atoms with Crippen molar-refractivity contribution >= 4 is 41.5 Å². The van der Waals surface area contributed by atoms with Gasteiger partial charge in [-0.3, -0.25) is 9.79 Å². The van der Waals surface area contributed by atoms with Crippen molar-refractivity contribution in [2.75, 3.05) is 38.2 Å². The van der Waals surface area contributed by atoms with Gasteiger partial charge < -0.3 is 20.7 Å². The first kappa shape index (κ1) is 23.7.